The minimum Gasteiger partial charge on any atom is -0.399 e. The molecular weight excluding hydrogens is 231 g/mol. The Morgan fingerprint density at radius 3 is 2.56 bits per heavy atom. The molecule has 0 heterocycles. The number of nitrogens with one attached hydrogen (secondary N) is 1. The van der Waals surface area contributed by atoms with E-state index in [4.69, 9.17) is 5.73 Å². The second-order valence-electron chi connectivity index (χ2n) is 5.13. The number of amides is 1. The van der Waals surface area contributed by atoms with Gasteiger partial charge in [0.25, 0.3) is 5.91 Å². The molecule has 0 saturated carbocycles. The van der Waals surface area contributed by atoms with Crippen LogP contribution in [0.15, 0.2) is 12.1 Å². The smallest absolute Gasteiger partial charge is 0.254 e. The lowest BCUT2D eigenvalue weighted by atomic mass is 9.98. The Kier molecular flexibility index (Phi) is 4.70. The summed E-state index contributed by atoms with van der Waals surface area (Å²) in [7, 11) is 0. The highest BCUT2D eigenvalue weighted by Gasteiger charge is 2.16. The van der Waals surface area contributed by atoms with Crippen molar-refractivity contribution in [2.24, 2.45) is 11.8 Å². The molecule has 1 amide bonds. The third kappa shape index (κ3) is 3.45. The second-order valence-corrected chi connectivity index (χ2v) is 5.13. The summed E-state index contributed by atoms with van der Waals surface area (Å²) in [6, 6.07) is 2.89. The highest BCUT2D eigenvalue weighted by Crippen LogP contribution is 2.17. The molecule has 0 aliphatic heterocycles. The van der Waals surface area contributed by atoms with Gasteiger partial charge in [-0.1, -0.05) is 20.8 Å². The summed E-state index contributed by atoms with van der Waals surface area (Å²) in [5, 5.41) is 2.74. The van der Waals surface area contributed by atoms with Gasteiger partial charge in [-0.15, -0.1) is 0 Å². The standard InChI is InChI=1S/C14H21FN2O/c1-8(2)10(4)7-17-14(18)12-6-11(16)5-9(3)13(12)15/h5-6,8,10H,7,16H2,1-4H3,(H,17,18). The molecule has 0 fully saturated rings. The lowest BCUT2D eigenvalue weighted by Crippen LogP contribution is -2.31. The molecule has 1 unspecified atom stereocenters. The Labute approximate surface area is 108 Å². The number of carbonyl (C=O) groups excluding carboxylic acids is 1. The maximum Gasteiger partial charge on any atom is 0.254 e. The summed E-state index contributed by atoms with van der Waals surface area (Å²) in [5.41, 5.74) is 6.43. The molecule has 3 nitrogen and oxygen atoms in total. The molecule has 0 aromatic heterocycles. The van der Waals surface area contributed by atoms with E-state index in [-0.39, 0.29) is 5.56 Å². The number of benzene rings is 1. The van der Waals surface area contributed by atoms with Crippen molar-refractivity contribution < 1.29 is 9.18 Å². The zero-order valence-electron chi connectivity index (χ0n) is 11.4. The number of nitrogens with two attached hydrogens (primary N) is 1. The molecular formula is C14H21FN2O. The zero-order chi connectivity index (χ0) is 13.9. The summed E-state index contributed by atoms with van der Waals surface area (Å²) in [5.74, 6) is -0.0915. The van der Waals surface area contributed by atoms with Gasteiger partial charge in [-0.3, -0.25) is 4.79 Å². The molecule has 0 saturated heterocycles. The molecule has 100 valence electrons. The van der Waals surface area contributed by atoms with Crippen LogP contribution in [0.2, 0.25) is 0 Å². The fourth-order valence-electron chi connectivity index (χ4n) is 1.55. The average molecular weight is 252 g/mol. The van der Waals surface area contributed by atoms with Gasteiger partial charge in [0.05, 0.1) is 5.56 Å². The minimum atomic E-state index is -0.501. The van der Waals surface area contributed by atoms with Crippen molar-refractivity contribution >= 4 is 11.6 Å². The van der Waals surface area contributed by atoms with Gasteiger partial charge in [0.1, 0.15) is 5.82 Å². The first-order valence-corrected chi connectivity index (χ1v) is 6.16. The van der Waals surface area contributed by atoms with E-state index in [2.05, 4.69) is 19.2 Å². The van der Waals surface area contributed by atoms with Crippen molar-refractivity contribution in [1.29, 1.82) is 0 Å². The van der Waals surface area contributed by atoms with E-state index in [0.29, 0.717) is 29.6 Å². The van der Waals surface area contributed by atoms with E-state index in [9.17, 15) is 9.18 Å². The van der Waals surface area contributed by atoms with Crippen LogP contribution in [-0.2, 0) is 0 Å². The van der Waals surface area contributed by atoms with Crippen LogP contribution >= 0.6 is 0 Å². The quantitative estimate of drug-likeness (QED) is 0.809. The summed E-state index contributed by atoms with van der Waals surface area (Å²) in [6.07, 6.45) is 0. The molecule has 4 heteroatoms. The monoisotopic (exact) mass is 252 g/mol. The second kappa shape index (κ2) is 5.85. The predicted octanol–water partition coefficient (Wildman–Crippen LogP) is 2.74. The zero-order valence-corrected chi connectivity index (χ0v) is 11.4. The van der Waals surface area contributed by atoms with E-state index in [1.54, 1.807) is 6.92 Å². The Hall–Kier alpha value is -1.58. The molecule has 18 heavy (non-hydrogen) atoms. The largest absolute Gasteiger partial charge is 0.399 e. The predicted molar refractivity (Wildman–Crippen MR) is 71.9 cm³/mol. The maximum atomic E-state index is 13.8. The number of nitrogen functional groups attached to an aromatic ring is 1. The Morgan fingerprint density at radius 1 is 1.39 bits per heavy atom. The van der Waals surface area contributed by atoms with E-state index >= 15 is 0 Å². The SMILES string of the molecule is Cc1cc(N)cc(C(=O)NCC(C)C(C)C)c1F. The Morgan fingerprint density at radius 2 is 2.00 bits per heavy atom. The van der Waals surface area contributed by atoms with Crippen LogP contribution in [0, 0.1) is 24.6 Å². The van der Waals surface area contributed by atoms with Crippen LogP contribution in [0.4, 0.5) is 10.1 Å². The first kappa shape index (κ1) is 14.5. The molecule has 0 bridgehead atoms. The highest BCUT2D eigenvalue weighted by molar-refractivity contribution is 5.95. The molecule has 0 aliphatic rings. The number of halogens is 1. The van der Waals surface area contributed by atoms with Gasteiger partial charge in [0.15, 0.2) is 0 Å². The van der Waals surface area contributed by atoms with E-state index < -0.39 is 11.7 Å². The molecule has 0 aliphatic carbocycles. The summed E-state index contributed by atoms with van der Waals surface area (Å²) < 4.78 is 13.8. The lowest BCUT2D eigenvalue weighted by molar-refractivity contribution is 0.0940. The molecule has 1 atom stereocenters. The van der Waals surface area contributed by atoms with Crippen LogP contribution in [0.3, 0.4) is 0 Å². The van der Waals surface area contributed by atoms with Gasteiger partial charge < -0.3 is 11.1 Å². The number of aryl methyl sites for hydroxylation is 1. The van der Waals surface area contributed by atoms with Crippen molar-refractivity contribution in [2.75, 3.05) is 12.3 Å². The third-order valence-electron chi connectivity index (χ3n) is 3.24. The van der Waals surface area contributed by atoms with Gasteiger partial charge in [0.2, 0.25) is 0 Å². The van der Waals surface area contributed by atoms with Crippen LogP contribution in [0.5, 0.6) is 0 Å². The first-order chi connectivity index (χ1) is 8.32. The van der Waals surface area contributed by atoms with Crippen molar-refractivity contribution in [3.63, 3.8) is 0 Å². The number of rotatable bonds is 4. The van der Waals surface area contributed by atoms with Crippen molar-refractivity contribution in [3.8, 4) is 0 Å². The Balaban J connectivity index is 2.79. The van der Waals surface area contributed by atoms with Gasteiger partial charge in [-0.2, -0.15) is 0 Å². The number of anilines is 1. The highest BCUT2D eigenvalue weighted by atomic mass is 19.1. The molecule has 1 rings (SSSR count). The van der Waals surface area contributed by atoms with E-state index in [1.807, 2.05) is 6.92 Å². The van der Waals surface area contributed by atoms with Crippen LogP contribution in [-0.4, -0.2) is 12.5 Å². The average Bonchev–Trinajstić information content (AvgIpc) is 2.29. The molecule has 1 aromatic rings. The minimum absolute atomic E-state index is 0.0171. The fraction of sp³-hybridized carbons (Fsp3) is 0.500. The summed E-state index contributed by atoms with van der Waals surface area (Å²) >= 11 is 0. The van der Waals surface area contributed by atoms with Crippen LogP contribution in [0.1, 0.15) is 36.7 Å². The first-order valence-electron chi connectivity index (χ1n) is 6.16. The molecule has 3 N–H and O–H groups in total. The number of hydrogen-bond acceptors (Lipinski definition) is 2. The fourth-order valence-corrected chi connectivity index (χ4v) is 1.55. The van der Waals surface area contributed by atoms with Crippen molar-refractivity contribution in [1.82, 2.24) is 5.32 Å². The summed E-state index contributed by atoms with van der Waals surface area (Å²) in [4.78, 5) is 11.9. The van der Waals surface area contributed by atoms with Gasteiger partial charge in [-0.05, 0) is 36.5 Å². The third-order valence-corrected chi connectivity index (χ3v) is 3.24. The topological polar surface area (TPSA) is 55.1 Å². The van der Waals surface area contributed by atoms with Crippen molar-refractivity contribution in [3.05, 3.63) is 29.1 Å². The van der Waals surface area contributed by atoms with Gasteiger partial charge in [0, 0.05) is 12.2 Å². The molecule has 0 spiro atoms. The maximum absolute atomic E-state index is 13.8. The van der Waals surface area contributed by atoms with Gasteiger partial charge in [-0.25, -0.2) is 4.39 Å². The normalized spacial score (nSPS) is 12.6. The molecule has 0 radical (unpaired) electrons. The summed E-state index contributed by atoms with van der Waals surface area (Å²) in [6.45, 7) is 8.35. The van der Waals surface area contributed by atoms with E-state index in [0.717, 1.165) is 0 Å². The molecule has 1 aromatic carbocycles. The number of hydrogen-bond donors (Lipinski definition) is 2. The lowest BCUT2D eigenvalue weighted by Gasteiger charge is -2.16. The van der Waals surface area contributed by atoms with Gasteiger partial charge >= 0.3 is 0 Å². The Bertz CT molecular complexity index is 444. The number of carbonyl (C=O) groups is 1. The van der Waals surface area contributed by atoms with Crippen LogP contribution < -0.4 is 11.1 Å². The van der Waals surface area contributed by atoms with Crippen LogP contribution in [0.25, 0.3) is 0 Å². The van der Waals surface area contributed by atoms with E-state index in [1.165, 1.54) is 12.1 Å². The van der Waals surface area contributed by atoms with Crippen molar-refractivity contribution in [2.45, 2.75) is 27.7 Å².